The highest BCUT2D eigenvalue weighted by Crippen LogP contribution is 2.26. The number of piperidine rings is 1. The third-order valence-corrected chi connectivity index (χ3v) is 3.95. The van der Waals surface area contributed by atoms with Gasteiger partial charge in [0.05, 0.1) is 0 Å². The molecule has 96 valence electrons. The van der Waals surface area contributed by atoms with Crippen LogP contribution in [0.3, 0.4) is 0 Å². The van der Waals surface area contributed by atoms with Crippen molar-refractivity contribution in [1.82, 2.24) is 19.6 Å². The van der Waals surface area contributed by atoms with Gasteiger partial charge in [0.1, 0.15) is 0 Å². The van der Waals surface area contributed by atoms with Gasteiger partial charge in [-0.05, 0) is 18.3 Å². The van der Waals surface area contributed by atoms with Crippen molar-refractivity contribution in [3.63, 3.8) is 0 Å². The molecular weight excluding hydrogens is 228 g/mol. The van der Waals surface area contributed by atoms with Gasteiger partial charge in [0.2, 0.25) is 11.6 Å². The van der Waals surface area contributed by atoms with Gasteiger partial charge in [-0.1, -0.05) is 13.8 Å². The Bertz CT molecular complexity index is 563. The molecule has 3 heterocycles. The summed E-state index contributed by atoms with van der Waals surface area (Å²) < 4.78 is 1.92. The van der Waals surface area contributed by atoms with Crippen LogP contribution >= 0.6 is 0 Å². The summed E-state index contributed by atoms with van der Waals surface area (Å²) in [5.41, 5.74) is 6.43. The summed E-state index contributed by atoms with van der Waals surface area (Å²) in [7, 11) is 0. The summed E-state index contributed by atoms with van der Waals surface area (Å²) in [6.07, 6.45) is 4.74. The molecule has 0 radical (unpaired) electrons. The van der Waals surface area contributed by atoms with Crippen molar-refractivity contribution >= 4 is 17.4 Å². The first-order valence-electron chi connectivity index (χ1n) is 6.37. The molecule has 1 saturated heterocycles. The molecule has 6 heteroatoms. The number of hydrogen-bond acceptors (Lipinski definition) is 5. The maximum Gasteiger partial charge on any atom is 0.231 e. The lowest BCUT2D eigenvalue weighted by Gasteiger charge is -2.35. The highest BCUT2D eigenvalue weighted by molar-refractivity contribution is 5.61. The zero-order valence-corrected chi connectivity index (χ0v) is 10.7. The van der Waals surface area contributed by atoms with Crippen LogP contribution in [0.15, 0.2) is 12.4 Å². The number of rotatable bonds is 1. The van der Waals surface area contributed by atoms with Crippen LogP contribution < -0.4 is 10.6 Å². The van der Waals surface area contributed by atoms with Crippen molar-refractivity contribution in [3.05, 3.63) is 12.4 Å². The first-order valence-corrected chi connectivity index (χ1v) is 6.37. The van der Waals surface area contributed by atoms with Crippen LogP contribution in [0.1, 0.15) is 20.3 Å². The topological polar surface area (TPSA) is 72.3 Å². The van der Waals surface area contributed by atoms with E-state index in [4.69, 9.17) is 5.73 Å². The van der Waals surface area contributed by atoms with Gasteiger partial charge in [0.15, 0.2) is 5.82 Å². The Morgan fingerprint density at radius 1 is 1.28 bits per heavy atom. The quantitative estimate of drug-likeness (QED) is 0.818. The highest BCUT2D eigenvalue weighted by atomic mass is 15.4. The van der Waals surface area contributed by atoms with Gasteiger partial charge in [-0.15, -0.1) is 10.2 Å². The van der Waals surface area contributed by atoms with E-state index in [1.807, 2.05) is 10.6 Å². The molecule has 3 rings (SSSR count). The number of nitrogen functional groups attached to an aromatic ring is 1. The normalized spacial score (nSPS) is 24.7. The van der Waals surface area contributed by atoms with E-state index >= 15 is 0 Å². The van der Waals surface area contributed by atoms with Gasteiger partial charge in [0.25, 0.3) is 0 Å². The maximum absolute atomic E-state index is 5.80. The predicted molar refractivity (Wildman–Crippen MR) is 70.4 cm³/mol. The van der Waals surface area contributed by atoms with E-state index in [0.717, 1.165) is 25.0 Å². The Morgan fingerprint density at radius 3 is 2.89 bits per heavy atom. The minimum Gasteiger partial charge on any atom is -0.381 e. The Hall–Kier alpha value is -1.85. The molecule has 1 fully saturated rings. The molecule has 0 aliphatic carbocycles. The predicted octanol–water partition coefficient (Wildman–Crippen LogP) is 1.19. The Morgan fingerprint density at radius 2 is 2.11 bits per heavy atom. The lowest BCUT2D eigenvalue weighted by Crippen LogP contribution is -2.39. The van der Waals surface area contributed by atoms with Gasteiger partial charge in [-0.25, -0.2) is 4.98 Å². The lowest BCUT2D eigenvalue weighted by molar-refractivity contribution is 0.321. The molecule has 1 aliphatic heterocycles. The van der Waals surface area contributed by atoms with Crippen LogP contribution in [0.5, 0.6) is 0 Å². The molecule has 2 N–H and O–H groups in total. The average molecular weight is 246 g/mol. The third kappa shape index (κ3) is 1.68. The van der Waals surface area contributed by atoms with Crippen LogP contribution in [0, 0.1) is 11.8 Å². The number of nitrogens with two attached hydrogens (primary N) is 1. The average Bonchev–Trinajstić information content (AvgIpc) is 2.78. The van der Waals surface area contributed by atoms with E-state index < -0.39 is 0 Å². The fraction of sp³-hybridized carbons (Fsp3) is 0.583. The maximum atomic E-state index is 5.80. The molecule has 0 saturated carbocycles. The summed E-state index contributed by atoms with van der Waals surface area (Å²) in [4.78, 5) is 6.31. The largest absolute Gasteiger partial charge is 0.381 e. The number of hydrogen-bond donors (Lipinski definition) is 1. The zero-order valence-electron chi connectivity index (χ0n) is 10.7. The van der Waals surface area contributed by atoms with E-state index in [2.05, 4.69) is 33.9 Å². The summed E-state index contributed by atoms with van der Waals surface area (Å²) in [5, 5.41) is 8.38. The summed E-state index contributed by atoms with van der Waals surface area (Å²) in [6, 6.07) is 0. The molecule has 2 atom stereocenters. The third-order valence-electron chi connectivity index (χ3n) is 3.95. The number of aromatic nitrogens is 4. The molecule has 0 aromatic carbocycles. The second kappa shape index (κ2) is 4.12. The van der Waals surface area contributed by atoms with Crippen molar-refractivity contribution in [2.24, 2.45) is 11.8 Å². The second-order valence-electron chi connectivity index (χ2n) is 5.20. The van der Waals surface area contributed by atoms with Crippen molar-refractivity contribution in [2.45, 2.75) is 20.3 Å². The first kappa shape index (κ1) is 11.3. The Balaban J connectivity index is 1.98. The molecule has 2 aromatic rings. The van der Waals surface area contributed by atoms with Gasteiger partial charge in [-0.3, -0.25) is 4.40 Å². The van der Waals surface area contributed by atoms with Gasteiger partial charge >= 0.3 is 0 Å². The summed E-state index contributed by atoms with van der Waals surface area (Å²) >= 11 is 0. The molecule has 1 aliphatic rings. The molecular formula is C12H18N6. The van der Waals surface area contributed by atoms with Gasteiger partial charge < -0.3 is 10.6 Å². The van der Waals surface area contributed by atoms with Crippen molar-refractivity contribution < 1.29 is 0 Å². The smallest absolute Gasteiger partial charge is 0.231 e. The fourth-order valence-electron chi connectivity index (χ4n) is 2.49. The van der Waals surface area contributed by atoms with Crippen LogP contribution in [0.2, 0.25) is 0 Å². The lowest BCUT2D eigenvalue weighted by atomic mass is 9.89. The minimum atomic E-state index is 0.426. The minimum absolute atomic E-state index is 0.426. The van der Waals surface area contributed by atoms with Gasteiger partial charge in [0, 0.05) is 25.5 Å². The van der Waals surface area contributed by atoms with Gasteiger partial charge in [-0.2, -0.15) is 0 Å². The number of anilines is 2. The number of fused-ring (bicyclic) bond motifs is 1. The molecule has 0 amide bonds. The first-order chi connectivity index (χ1) is 8.66. The van der Waals surface area contributed by atoms with Crippen molar-refractivity contribution in [1.29, 1.82) is 0 Å². The van der Waals surface area contributed by atoms with Crippen LogP contribution in [-0.4, -0.2) is 32.7 Å². The number of nitrogens with zero attached hydrogens (tertiary/aromatic N) is 5. The Kier molecular flexibility index (Phi) is 2.57. The van der Waals surface area contributed by atoms with Crippen LogP contribution in [0.25, 0.3) is 5.65 Å². The SMILES string of the molecule is CC1CCN(c2nnc3c(N)nccn23)CC1C. The van der Waals surface area contributed by atoms with Crippen LogP contribution in [-0.2, 0) is 0 Å². The molecule has 2 aromatic heterocycles. The van der Waals surface area contributed by atoms with E-state index in [1.54, 1.807) is 6.20 Å². The second-order valence-corrected chi connectivity index (χ2v) is 5.20. The van der Waals surface area contributed by atoms with E-state index in [0.29, 0.717) is 17.4 Å². The summed E-state index contributed by atoms with van der Waals surface area (Å²) in [6.45, 7) is 6.64. The summed E-state index contributed by atoms with van der Waals surface area (Å²) in [5.74, 6) is 2.74. The van der Waals surface area contributed by atoms with E-state index in [-0.39, 0.29) is 0 Å². The molecule has 6 nitrogen and oxygen atoms in total. The van der Waals surface area contributed by atoms with E-state index in [1.165, 1.54) is 6.42 Å². The zero-order chi connectivity index (χ0) is 12.7. The molecule has 2 unspecified atom stereocenters. The monoisotopic (exact) mass is 246 g/mol. The molecule has 0 spiro atoms. The molecule has 18 heavy (non-hydrogen) atoms. The Labute approximate surface area is 106 Å². The van der Waals surface area contributed by atoms with Crippen LogP contribution in [0.4, 0.5) is 11.8 Å². The highest BCUT2D eigenvalue weighted by Gasteiger charge is 2.25. The fourth-order valence-corrected chi connectivity index (χ4v) is 2.49. The standard InChI is InChI=1S/C12H18N6/c1-8-3-5-17(7-9(8)2)12-16-15-11-10(13)14-4-6-18(11)12/h4,6,8-9H,3,5,7H2,1-2H3,(H2,13,14). The van der Waals surface area contributed by atoms with Crippen molar-refractivity contribution in [3.8, 4) is 0 Å². The molecule has 0 bridgehead atoms. The van der Waals surface area contributed by atoms with E-state index in [9.17, 15) is 0 Å². The van der Waals surface area contributed by atoms with Crippen molar-refractivity contribution in [2.75, 3.05) is 23.7 Å².